The van der Waals surface area contributed by atoms with Crippen molar-refractivity contribution in [3.8, 4) is 5.75 Å². The van der Waals surface area contributed by atoms with Gasteiger partial charge in [0.05, 0.1) is 16.5 Å². The van der Waals surface area contributed by atoms with Gasteiger partial charge in [0.25, 0.3) is 5.91 Å². The lowest BCUT2D eigenvalue weighted by atomic mass is 9.99. The van der Waals surface area contributed by atoms with Crippen molar-refractivity contribution in [3.63, 3.8) is 0 Å². The average molecular weight is 527 g/mol. The molecule has 0 radical (unpaired) electrons. The molecule has 0 aromatic heterocycles. The predicted molar refractivity (Wildman–Crippen MR) is 141 cm³/mol. The first-order valence-electron chi connectivity index (χ1n) is 12.7. The van der Waals surface area contributed by atoms with Crippen LogP contribution in [-0.2, 0) is 19.6 Å². The quantitative estimate of drug-likeness (QED) is 0.420. The Labute approximate surface area is 218 Å². The maximum atomic E-state index is 13.0. The molecule has 10 heteroatoms. The first kappa shape index (κ1) is 26.8. The summed E-state index contributed by atoms with van der Waals surface area (Å²) in [4.78, 5) is 27.0. The molecule has 2 heterocycles. The highest BCUT2D eigenvalue weighted by molar-refractivity contribution is 7.89. The molecule has 0 aliphatic carbocycles. The number of nitrogens with zero attached hydrogens (tertiary/aromatic N) is 3. The number of hydrazone groups is 1. The highest BCUT2D eigenvalue weighted by Gasteiger charge is 2.33. The van der Waals surface area contributed by atoms with Crippen LogP contribution in [0.1, 0.15) is 43.7 Å². The van der Waals surface area contributed by atoms with Crippen molar-refractivity contribution >= 4 is 27.5 Å². The minimum atomic E-state index is -3.66. The van der Waals surface area contributed by atoms with Crippen LogP contribution in [0, 0.1) is 12.8 Å². The molecule has 198 valence electrons. The largest absolute Gasteiger partial charge is 0.484 e. The number of carbonyl (C=O) groups excluding carboxylic acids is 2. The summed E-state index contributed by atoms with van der Waals surface area (Å²) in [5.41, 5.74) is 4.99. The van der Waals surface area contributed by atoms with Crippen molar-refractivity contribution in [2.45, 2.75) is 44.4 Å². The first-order valence-corrected chi connectivity index (χ1v) is 14.1. The lowest BCUT2D eigenvalue weighted by molar-refractivity contribution is -0.132. The van der Waals surface area contributed by atoms with Crippen LogP contribution in [0.2, 0.25) is 0 Å². The topological polar surface area (TPSA) is 108 Å². The van der Waals surface area contributed by atoms with Gasteiger partial charge in [0.15, 0.2) is 6.61 Å². The summed E-state index contributed by atoms with van der Waals surface area (Å²) >= 11 is 0. The number of hydrogen-bond acceptors (Lipinski definition) is 6. The second-order valence-corrected chi connectivity index (χ2v) is 11.5. The number of benzene rings is 2. The summed E-state index contributed by atoms with van der Waals surface area (Å²) in [5, 5.41) is 4.23. The number of ether oxygens (including phenoxy) is 1. The Morgan fingerprint density at radius 1 is 1.00 bits per heavy atom. The molecule has 0 bridgehead atoms. The molecular formula is C27H34N4O5S. The van der Waals surface area contributed by atoms with Crippen LogP contribution in [0.5, 0.6) is 5.75 Å². The van der Waals surface area contributed by atoms with Crippen LogP contribution in [0.3, 0.4) is 0 Å². The van der Waals surface area contributed by atoms with E-state index in [-0.39, 0.29) is 29.9 Å². The van der Waals surface area contributed by atoms with Crippen LogP contribution < -0.4 is 10.2 Å². The Morgan fingerprint density at radius 2 is 1.68 bits per heavy atom. The number of carbonyl (C=O) groups is 2. The number of likely N-dealkylation sites (tertiary alicyclic amines) is 1. The molecule has 2 aromatic carbocycles. The van der Waals surface area contributed by atoms with Gasteiger partial charge in [-0.05, 0) is 81.5 Å². The summed E-state index contributed by atoms with van der Waals surface area (Å²) < 4.78 is 33.1. The van der Waals surface area contributed by atoms with Gasteiger partial charge in [-0.3, -0.25) is 9.59 Å². The van der Waals surface area contributed by atoms with Gasteiger partial charge in [-0.2, -0.15) is 9.41 Å². The zero-order valence-corrected chi connectivity index (χ0v) is 22.2. The standard InChI is InChI=1S/C27H34N4O5S/c1-20-7-13-25(14-8-20)37(34,35)31-17-5-6-23(18-31)27(33)29-28-21(2)22-9-11-24(12-10-22)36-19-26(32)30-15-3-4-16-30/h7-14,23H,3-6,15-19H2,1-2H3,(H,29,33)/b28-21+. The third kappa shape index (κ3) is 6.75. The van der Waals surface area contributed by atoms with E-state index in [1.807, 2.05) is 24.0 Å². The Kier molecular flexibility index (Phi) is 8.60. The summed E-state index contributed by atoms with van der Waals surface area (Å²) in [5.74, 6) is -0.196. The second-order valence-electron chi connectivity index (χ2n) is 9.59. The number of hydrogen-bond donors (Lipinski definition) is 1. The minimum absolute atomic E-state index is 0.00465. The zero-order chi connectivity index (χ0) is 26.4. The van der Waals surface area contributed by atoms with Crippen molar-refractivity contribution in [3.05, 3.63) is 59.7 Å². The zero-order valence-electron chi connectivity index (χ0n) is 21.4. The Hall–Kier alpha value is -3.24. The van der Waals surface area contributed by atoms with Gasteiger partial charge in [0.2, 0.25) is 15.9 Å². The molecular weight excluding hydrogens is 492 g/mol. The number of aryl methyl sites for hydroxylation is 1. The average Bonchev–Trinajstić information content (AvgIpc) is 3.46. The Morgan fingerprint density at radius 3 is 2.35 bits per heavy atom. The number of amides is 2. The van der Waals surface area contributed by atoms with E-state index in [1.54, 1.807) is 43.3 Å². The summed E-state index contributed by atoms with van der Waals surface area (Å²) in [6.45, 7) is 5.80. The van der Waals surface area contributed by atoms with Crippen molar-refractivity contribution < 1.29 is 22.7 Å². The third-order valence-corrected chi connectivity index (χ3v) is 8.72. The van der Waals surface area contributed by atoms with Gasteiger partial charge in [-0.25, -0.2) is 13.8 Å². The fourth-order valence-corrected chi connectivity index (χ4v) is 6.05. The van der Waals surface area contributed by atoms with Crippen LogP contribution in [0.15, 0.2) is 58.5 Å². The molecule has 2 saturated heterocycles. The molecule has 37 heavy (non-hydrogen) atoms. The van der Waals surface area contributed by atoms with Gasteiger partial charge in [-0.15, -0.1) is 0 Å². The van der Waals surface area contributed by atoms with E-state index in [0.717, 1.165) is 37.1 Å². The van der Waals surface area contributed by atoms with Gasteiger partial charge in [0.1, 0.15) is 5.75 Å². The molecule has 2 aromatic rings. The van der Waals surface area contributed by atoms with E-state index in [1.165, 1.54) is 4.31 Å². The van der Waals surface area contributed by atoms with E-state index in [0.29, 0.717) is 30.8 Å². The van der Waals surface area contributed by atoms with Gasteiger partial charge in [-0.1, -0.05) is 17.7 Å². The molecule has 0 saturated carbocycles. The number of piperidine rings is 1. The highest BCUT2D eigenvalue weighted by Crippen LogP contribution is 2.24. The SMILES string of the molecule is C/C(=N\NC(=O)C1CCCN(S(=O)(=O)c2ccc(C)cc2)C1)c1ccc(OCC(=O)N2CCCC2)cc1. The minimum Gasteiger partial charge on any atom is -0.484 e. The van der Waals surface area contributed by atoms with Crippen LogP contribution in [0.25, 0.3) is 0 Å². The molecule has 2 aliphatic rings. The maximum Gasteiger partial charge on any atom is 0.260 e. The lowest BCUT2D eigenvalue weighted by Crippen LogP contribution is -2.44. The number of sulfonamides is 1. The Balaban J connectivity index is 1.30. The normalized spacial score (nSPS) is 19.0. The van der Waals surface area contributed by atoms with Crippen molar-refractivity contribution in [1.82, 2.24) is 14.6 Å². The molecule has 4 rings (SSSR count). The van der Waals surface area contributed by atoms with Gasteiger partial charge < -0.3 is 9.64 Å². The van der Waals surface area contributed by atoms with Gasteiger partial charge >= 0.3 is 0 Å². The molecule has 1 N–H and O–H groups in total. The van der Waals surface area contributed by atoms with Gasteiger partial charge in [0, 0.05) is 26.2 Å². The van der Waals surface area contributed by atoms with E-state index < -0.39 is 15.9 Å². The van der Waals surface area contributed by atoms with E-state index >= 15 is 0 Å². The van der Waals surface area contributed by atoms with E-state index in [4.69, 9.17) is 4.74 Å². The molecule has 1 unspecified atom stereocenters. The monoisotopic (exact) mass is 526 g/mol. The molecule has 1 atom stereocenters. The summed E-state index contributed by atoms with van der Waals surface area (Å²) in [6, 6.07) is 13.9. The van der Waals surface area contributed by atoms with E-state index in [9.17, 15) is 18.0 Å². The van der Waals surface area contributed by atoms with Crippen LogP contribution >= 0.6 is 0 Å². The second kappa shape index (κ2) is 11.9. The predicted octanol–water partition coefficient (Wildman–Crippen LogP) is 2.94. The highest BCUT2D eigenvalue weighted by atomic mass is 32.2. The molecule has 2 amide bonds. The summed E-state index contributed by atoms with van der Waals surface area (Å²) in [7, 11) is -3.66. The van der Waals surface area contributed by atoms with Crippen LogP contribution in [0.4, 0.5) is 0 Å². The Bertz CT molecular complexity index is 1240. The van der Waals surface area contributed by atoms with Crippen molar-refractivity contribution in [2.75, 3.05) is 32.8 Å². The van der Waals surface area contributed by atoms with Crippen molar-refractivity contribution in [2.24, 2.45) is 11.0 Å². The number of nitrogens with one attached hydrogen (secondary N) is 1. The lowest BCUT2D eigenvalue weighted by Gasteiger charge is -2.30. The smallest absolute Gasteiger partial charge is 0.260 e. The molecule has 2 aliphatic heterocycles. The molecule has 2 fully saturated rings. The van der Waals surface area contributed by atoms with E-state index in [2.05, 4.69) is 10.5 Å². The summed E-state index contributed by atoms with van der Waals surface area (Å²) in [6.07, 6.45) is 3.29. The maximum absolute atomic E-state index is 13.0. The fraction of sp³-hybridized carbons (Fsp3) is 0.444. The number of rotatable bonds is 8. The van der Waals surface area contributed by atoms with Crippen LogP contribution in [-0.4, -0.2) is 67.9 Å². The molecule has 0 spiro atoms. The fourth-order valence-electron chi connectivity index (χ4n) is 4.52. The third-order valence-electron chi connectivity index (χ3n) is 6.84. The van der Waals surface area contributed by atoms with Crippen molar-refractivity contribution in [1.29, 1.82) is 0 Å². The molecule has 9 nitrogen and oxygen atoms in total. The first-order chi connectivity index (χ1) is 17.7.